The molecule has 1 aliphatic heterocycles. The van der Waals surface area contributed by atoms with Crippen molar-refractivity contribution in [3.63, 3.8) is 0 Å². The van der Waals surface area contributed by atoms with Gasteiger partial charge in [-0.1, -0.05) is 0 Å². The number of piperidine rings is 1. The quantitative estimate of drug-likeness (QED) is 0.831. The number of aryl methyl sites for hydroxylation is 1. The Morgan fingerprint density at radius 3 is 2.82 bits per heavy atom. The SMILES string of the molecule is CCOC(=O)c1sc(NC(=O)C2(C)CCC(=O)NC2)cc1C. The Morgan fingerprint density at radius 2 is 2.23 bits per heavy atom. The van der Waals surface area contributed by atoms with Gasteiger partial charge < -0.3 is 15.4 Å². The van der Waals surface area contributed by atoms with Crippen molar-refractivity contribution in [3.8, 4) is 0 Å². The zero-order chi connectivity index (χ0) is 16.3. The number of hydrogen-bond acceptors (Lipinski definition) is 5. The number of thiophene rings is 1. The normalized spacial score (nSPS) is 21.1. The number of hydrogen-bond donors (Lipinski definition) is 2. The molecule has 1 aliphatic rings. The molecule has 7 heteroatoms. The van der Waals surface area contributed by atoms with Crippen molar-refractivity contribution >= 4 is 34.1 Å². The fourth-order valence-electron chi connectivity index (χ4n) is 2.26. The van der Waals surface area contributed by atoms with Gasteiger partial charge in [0, 0.05) is 13.0 Å². The third-order valence-corrected chi connectivity index (χ3v) is 4.88. The third-order valence-electron chi connectivity index (χ3n) is 3.74. The lowest BCUT2D eigenvalue weighted by molar-refractivity contribution is -0.130. The molecule has 0 aliphatic carbocycles. The van der Waals surface area contributed by atoms with Gasteiger partial charge in [-0.15, -0.1) is 11.3 Å². The second-order valence-electron chi connectivity index (χ2n) is 5.63. The molecule has 1 aromatic heterocycles. The lowest BCUT2D eigenvalue weighted by atomic mass is 9.81. The summed E-state index contributed by atoms with van der Waals surface area (Å²) in [4.78, 5) is 36.0. The van der Waals surface area contributed by atoms with Crippen LogP contribution < -0.4 is 10.6 Å². The van der Waals surface area contributed by atoms with Gasteiger partial charge >= 0.3 is 5.97 Å². The Labute approximate surface area is 133 Å². The molecular formula is C15H20N2O4S. The highest BCUT2D eigenvalue weighted by atomic mass is 32.1. The molecule has 2 heterocycles. The van der Waals surface area contributed by atoms with Crippen molar-refractivity contribution in [1.82, 2.24) is 5.32 Å². The molecule has 2 N–H and O–H groups in total. The van der Waals surface area contributed by atoms with Gasteiger partial charge in [0.15, 0.2) is 0 Å². The molecule has 2 rings (SSSR count). The molecule has 0 radical (unpaired) electrons. The summed E-state index contributed by atoms with van der Waals surface area (Å²) in [5.74, 6) is -0.548. The highest BCUT2D eigenvalue weighted by molar-refractivity contribution is 7.18. The van der Waals surface area contributed by atoms with Gasteiger partial charge in [0.2, 0.25) is 11.8 Å². The Kier molecular flexibility index (Phi) is 4.85. The summed E-state index contributed by atoms with van der Waals surface area (Å²) in [6.07, 6.45) is 0.862. The van der Waals surface area contributed by atoms with E-state index in [0.717, 1.165) is 5.56 Å². The van der Waals surface area contributed by atoms with E-state index in [0.29, 0.717) is 35.9 Å². The zero-order valence-electron chi connectivity index (χ0n) is 12.9. The Balaban J connectivity index is 2.07. The maximum Gasteiger partial charge on any atom is 0.348 e. The van der Waals surface area contributed by atoms with Crippen molar-refractivity contribution in [2.24, 2.45) is 5.41 Å². The highest BCUT2D eigenvalue weighted by Crippen LogP contribution is 2.31. The lowest BCUT2D eigenvalue weighted by Crippen LogP contribution is -2.48. The van der Waals surface area contributed by atoms with Crippen LogP contribution in [-0.4, -0.2) is 30.9 Å². The van der Waals surface area contributed by atoms with E-state index in [2.05, 4.69) is 10.6 Å². The standard InChI is InChI=1S/C15H20N2O4S/c1-4-21-13(19)12-9(2)7-11(22-12)17-14(20)15(3)6-5-10(18)16-8-15/h7H,4-6,8H2,1-3H3,(H,16,18)(H,17,20). The molecule has 22 heavy (non-hydrogen) atoms. The zero-order valence-corrected chi connectivity index (χ0v) is 13.8. The molecule has 1 atom stereocenters. The van der Waals surface area contributed by atoms with E-state index < -0.39 is 5.41 Å². The average Bonchev–Trinajstić information content (AvgIpc) is 2.83. The van der Waals surface area contributed by atoms with Crippen LogP contribution in [0.3, 0.4) is 0 Å². The first-order chi connectivity index (χ1) is 10.4. The summed E-state index contributed by atoms with van der Waals surface area (Å²) in [5, 5.41) is 6.18. The number of ether oxygens (including phenoxy) is 1. The van der Waals surface area contributed by atoms with Crippen LogP contribution in [0.15, 0.2) is 6.07 Å². The smallest absolute Gasteiger partial charge is 0.348 e. The van der Waals surface area contributed by atoms with E-state index >= 15 is 0 Å². The van der Waals surface area contributed by atoms with Crippen LogP contribution in [0.4, 0.5) is 5.00 Å². The third kappa shape index (κ3) is 3.47. The minimum Gasteiger partial charge on any atom is -0.462 e. The highest BCUT2D eigenvalue weighted by Gasteiger charge is 2.37. The lowest BCUT2D eigenvalue weighted by Gasteiger charge is -2.31. The van der Waals surface area contributed by atoms with E-state index in [1.165, 1.54) is 11.3 Å². The van der Waals surface area contributed by atoms with Crippen LogP contribution in [0, 0.1) is 12.3 Å². The van der Waals surface area contributed by atoms with Crippen molar-refractivity contribution < 1.29 is 19.1 Å². The molecule has 1 aromatic rings. The van der Waals surface area contributed by atoms with E-state index in [-0.39, 0.29) is 17.8 Å². The molecular weight excluding hydrogens is 304 g/mol. The predicted molar refractivity (Wildman–Crippen MR) is 84.0 cm³/mol. The predicted octanol–water partition coefficient (Wildman–Crippen LogP) is 2.09. The van der Waals surface area contributed by atoms with Gasteiger partial charge in [0.1, 0.15) is 4.88 Å². The van der Waals surface area contributed by atoms with Gasteiger partial charge in [0.25, 0.3) is 0 Å². The second-order valence-corrected chi connectivity index (χ2v) is 6.69. The molecule has 1 fully saturated rings. The summed E-state index contributed by atoms with van der Waals surface area (Å²) >= 11 is 1.21. The van der Waals surface area contributed by atoms with Crippen LogP contribution in [-0.2, 0) is 14.3 Å². The maximum atomic E-state index is 12.4. The average molecular weight is 324 g/mol. The van der Waals surface area contributed by atoms with E-state index in [9.17, 15) is 14.4 Å². The number of amides is 2. The van der Waals surface area contributed by atoms with E-state index in [1.54, 1.807) is 19.9 Å². The monoisotopic (exact) mass is 324 g/mol. The maximum absolute atomic E-state index is 12.4. The van der Waals surface area contributed by atoms with Crippen molar-refractivity contribution in [3.05, 3.63) is 16.5 Å². The summed E-state index contributed by atoms with van der Waals surface area (Å²) < 4.78 is 4.99. The first-order valence-electron chi connectivity index (χ1n) is 7.21. The Bertz CT molecular complexity index is 599. The number of nitrogens with one attached hydrogen (secondary N) is 2. The van der Waals surface area contributed by atoms with Gasteiger partial charge in [-0.25, -0.2) is 4.79 Å². The fraction of sp³-hybridized carbons (Fsp3) is 0.533. The number of carbonyl (C=O) groups excluding carboxylic acids is 3. The minimum atomic E-state index is -0.629. The summed E-state index contributed by atoms with van der Waals surface area (Å²) in [7, 11) is 0. The van der Waals surface area contributed by atoms with Gasteiger partial charge in [-0.2, -0.15) is 0 Å². The van der Waals surface area contributed by atoms with Crippen molar-refractivity contribution in [1.29, 1.82) is 0 Å². The fourth-order valence-corrected chi connectivity index (χ4v) is 3.22. The van der Waals surface area contributed by atoms with Crippen LogP contribution in [0.2, 0.25) is 0 Å². The molecule has 0 spiro atoms. The van der Waals surface area contributed by atoms with Crippen LogP contribution in [0.25, 0.3) is 0 Å². The van der Waals surface area contributed by atoms with Crippen molar-refractivity contribution in [2.75, 3.05) is 18.5 Å². The van der Waals surface area contributed by atoms with Gasteiger partial charge in [-0.05, 0) is 38.8 Å². The molecule has 2 amide bonds. The molecule has 0 saturated carbocycles. The summed E-state index contributed by atoms with van der Waals surface area (Å²) in [6.45, 7) is 6.03. The van der Waals surface area contributed by atoms with Crippen LogP contribution in [0.1, 0.15) is 41.9 Å². The number of esters is 1. The molecule has 1 saturated heterocycles. The summed E-state index contributed by atoms with van der Waals surface area (Å²) in [6, 6.07) is 1.76. The first-order valence-corrected chi connectivity index (χ1v) is 8.03. The number of anilines is 1. The minimum absolute atomic E-state index is 0.0261. The van der Waals surface area contributed by atoms with E-state index in [1.807, 2.05) is 6.92 Å². The number of carbonyl (C=O) groups is 3. The van der Waals surface area contributed by atoms with Crippen LogP contribution in [0.5, 0.6) is 0 Å². The molecule has 6 nitrogen and oxygen atoms in total. The Morgan fingerprint density at radius 1 is 1.50 bits per heavy atom. The molecule has 0 aromatic carbocycles. The first kappa shape index (κ1) is 16.5. The second kappa shape index (κ2) is 6.48. The largest absolute Gasteiger partial charge is 0.462 e. The Hall–Kier alpha value is -1.89. The van der Waals surface area contributed by atoms with E-state index in [4.69, 9.17) is 4.74 Å². The number of rotatable bonds is 4. The molecule has 1 unspecified atom stereocenters. The van der Waals surface area contributed by atoms with Crippen molar-refractivity contribution in [2.45, 2.75) is 33.6 Å². The molecule has 0 bridgehead atoms. The van der Waals surface area contributed by atoms with Crippen LogP contribution >= 0.6 is 11.3 Å². The van der Waals surface area contributed by atoms with Gasteiger partial charge in [-0.3, -0.25) is 9.59 Å². The topological polar surface area (TPSA) is 84.5 Å². The summed E-state index contributed by atoms with van der Waals surface area (Å²) in [5.41, 5.74) is 0.149. The van der Waals surface area contributed by atoms with Gasteiger partial charge in [0.05, 0.1) is 17.0 Å². The molecule has 120 valence electrons.